The molecule has 4 nitrogen and oxygen atoms in total. The van der Waals surface area contributed by atoms with Crippen LogP contribution in [0.1, 0.15) is 26.7 Å². The summed E-state index contributed by atoms with van der Waals surface area (Å²) < 4.78 is 11.8. The Bertz CT molecular complexity index is 561. The van der Waals surface area contributed by atoms with E-state index in [1.807, 2.05) is 13.8 Å². The van der Waals surface area contributed by atoms with Crippen LogP contribution in [0.2, 0.25) is 10.0 Å². The predicted octanol–water partition coefficient (Wildman–Crippen LogP) is 5.89. The maximum atomic E-state index is 6.28. The molecule has 0 fully saturated rings. The first-order chi connectivity index (χ1) is 11.0. The monoisotopic (exact) mass is 423 g/mol. The summed E-state index contributed by atoms with van der Waals surface area (Å²) in [6, 6.07) is 1.66. The summed E-state index contributed by atoms with van der Waals surface area (Å²) in [5, 5.41) is 4.65. The molecule has 23 heavy (non-hydrogen) atoms. The third kappa shape index (κ3) is 7.02. The summed E-state index contributed by atoms with van der Waals surface area (Å²) in [7, 11) is 0. The highest BCUT2D eigenvalue weighted by Gasteiger charge is 2.16. The second-order valence-corrected chi connectivity index (χ2v) is 6.42. The fourth-order valence-electron chi connectivity index (χ4n) is 1.56. The Labute approximate surface area is 155 Å². The van der Waals surface area contributed by atoms with Crippen LogP contribution in [-0.4, -0.2) is 25.5 Å². The molecule has 0 aliphatic heterocycles. The van der Waals surface area contributed by atoms with Crippen LogP contribution in [0.25, 0.3) is 0 Å². The molecule has 0 aromatic heterocycles. The Morgan fingerprint density at radius 1 is 1.26 bits per heavy atom. The number of hydrogen-bond acceptors (Lipinski definition) is 4. The Morgan fingerprint density at radius 3 is 2.61 bits per heavy atom. The van der Waals surface area contributed by atoms with Crippen molar-refractivity contribution in [1.82, 2.24) is 0 Å². The Morgan fingerprint density at radius 2 is 1.96 bits per heavy atom. The van der Waals surface area contributed by atoms with Crippen molar-refractivity contribution in [2.24, 2.45) is 5.16 Å². The van der Waals surface area contributed by atoms with Crippen LogP contribution < -0.4 is 9.47 Å². The Hall–Kier alpha value is -0.910. The largest absolute Gasteiger partial charge is 0.490 e. The lowest BCUT2D eigenvalue weighted by Crippen LogP contribution is -2.02. The van der Waals surface area contributed by atoms with Gasteiger partial charge in [-0.15, -0.1) is 0 Å². The molecule has 7 heteroatoms. The van der Waals surface area contributed by atoms with Gasteiger partial charge in [-0.2, -0.15) is 0 Å². The van der Waals surface area contributed by atoms with Crippen molar-refractivity contribution in [1.29, 1.82) is 0 Å². The topological polar surface area (TPSA) is 40.0 Å². The molecule has 0 spiro atoms. The second-order valence-electron chi connectivity index (χ2n) is 4.84. The number of oxime groups is 1. The van der Waals surface area contributed by atoms with E-state index >= 15 is 0 Å². The summed E-state index contributed by atoms with van der Waals surface area (Å²) in [6.45, 7) is 8.76. The number of rotatable bonds is 10. The SMILES string of the molecule is C=CCOc1cc(Cl)c(OCCCCON=C(C)C)c(Cl)c1Br. The number of nitrogens with zero attached hydrogens (tertiary/aromatic N) is 1. The van der Waals surface area contributed by atoms with Gasteiger partial charge in [0.15, 0.2) is 5.75 Å². The van der Waals surface area contributed by atoms with Crippen molar-refractivity contribution in [2.75, 3.05) is 19.8 Å². The van der Waals surface area contributed by atoms with E-state index in [0.29, 0.717) is 45.8 Å². The molecule has 0 N–H and O–H groups in total. The van der Waals surface area contributed by atoms with E-state index in [0.717, 1.165) is 18.6 Å². The zero-order chi connectivity index (χ0) is 17.2. The molecule has 1 aromatic carbocycles. The number of halogens is 3. The minimum Gasteiger partial charge on any atom is -0.490 e. The molecule has 0 saturated carbocycles. The van der Waals surface area contributed by atoms with E-state index < -0.39 is 0 Å². The highest BCUT2D eigenvalue weighted by atomic mass is 79.9. The number of ether oxygens (including phenoxy) is 2. The van der Waals surface area contributed by atoms with Crippen LogP contribution in [-0.2, 0) is 4.84 Å². The maximum Gasteiger partial charge on any atom is 0.157 e. The molecule has 0 amide bonds. The molecule has 0 radical (unpaired) electrons. The zero-order valence-electron chi connectivity index (χ0n) is 13.2. The van der Waals surface area contributed by atoms with Crippen LogP contribution in [0, 0.1) is 0 Å². The molecule has 0 aliphatic carbocycles. The fraction of sp³-hybridized carbons (Fsp3) is 0.438. The molecule has 0 aliphatic rings. The number of unbranched alkanes of at least 4 members (excludes halogenated alkanes) is 1. The molecule has 0 saturated heterocycles. The van der Waals surface area contributed by atoms with E-state index in [4.69, 9.17) is 37.5 Å². The van der Waals surface area contributed by atoms with Gasteiger partial charge < -0.3 is 14.3 Å². The Kier molecular flexibility index (Phi) is 9.44. The average Bonchev–Trinajstić information content (AvgIpc) is 2.51. The van der Waals surface area contributed by atoms with Gasteiger partial charge in [-0.05, 0) is 42.6 Å². The third-order valence-electron chi connectivity index (χ3n) is 2.56. The molecule has 1 rings (SSSR count). The van der Waals surface area contributed by atoms with E-state index in [2.05, 4.69) is 27.7 Å². The lowest BCUT2D eigenvalue weighted by atomic mass is 10.3. The Balaban J connectivity index is 2.52. The minimum atomic E-state index is 0.366. The quantitative estimate of drug-likeness (QED) is 0.154. The predicted molar refractivity (Wildman–Crippen MR) is 99.3 cm³/mol. The van der Waals surface area contributed by atoms with Gasteiger partial charge in [0.25, 0.3) is 0 Å². The van der Waals surface area contributed by atoms with Crippen molar-refractivity contribution >= 4 is 44.8 Å². The lowest BCUT2D eigenvalue weighted by Gasteiger charge is -2.14. The molecular formula is C16H20BrCl2NO3. The van der Waals surface area contributed by atoms with Gasteiger partial charge in [0.05, 0.1) is 21.8 Å². The first kappa shape index (κ1) is 20.1. The maximum absolute atomic E-state index is 6.28. The molecule has 0 heterocycles. The number of hydrogen-bond donors (Lipinski definition) is 0. The second kappa shape index (κ2) is 10.8. The van der Waals surface area contributed by atoms with Crippen molar-refractivity contribution in [3.63, 3.8) is 0 Å². The molecular weight excluding hydrogens is 405 g/mol. The highest BCUT2D eigenvalue weighted by molar-refractivity contribution is 9.10. The van der Waals surface area contributed by atoms with Crippen molar-refractivity contribution in [3.05, 3.63) is 33.2 Å². The van der Waals surface area contributed by atoms with Gasteiger partial charge in [0, 0.05) is 6.07 Å². The van der Waals surface area contributed by atoms with Crippen LogP contribution >= 0.6 is 39.1 Å². The van der Waals surface area contributed by atoms with Gasteiger partial charge >= 0.3 is 0 Å². The highest BCUT2D eigenvalue weighted by Crippen LogP contribution is 2.44. The van der Waals surface area contributed by atoms with Crippen LogP contribution in [0.5, 0.6) is 11.5 Å². The summed E-state index contributed by atoms with van der Waals surface area (Å²) in [4.78, 5) is 5.12. The van der Waals surface area contributed by atoms with Gasteiger partial charge in [-0.3, -0.25) is 0 Å². The van der Waals surface area contributed by atoms with Crippen molar-refractivity contribution in [2.45, 2.75) is 26.7 Å². The smallest absolute Gasteiger partial charge is 0.157 e. The molecule has 128 valence electrons. The summed E-state index contributed by atoms with van der Waals surface area (Å²) in [6.07, 6.45) is 3.27. The standard InChI is InChI=1S/C16H20BrCl2NO3/c1-4-7-21-13-10-12(18)16(15(19)14(13)17)22-8-5-6-9-23-20-11(2)3/h4,10H,1,5-9H2,2-3H3. The third-order valence-corrected chi connectivity index (χ3v) is 4.22. The normalized spacial score (nSPS) is 10.1. The minimum absolute atomic E-state index is 0.366. The molecule has 0 unspecified atom stereocenters. The van der Waals surface area contributed by atoms with Gasteiger partial charge in [0.1, 0.15) is 24.0 Å². The first-order valence-corrected chi connectivity index (χ1v) is 8.69. The van der Waals surface area contributed by atoms with Crippen molar-refractivity contribution < 1.29 is 14.3 Å². The lowest BCUT2D eigenvalue weighted by molar-refractivity contribution is 0.135. The van der Waals surface area contributed by atoms with E-state index in [9.17, 15) is 0 Å². The summed E-state index contributed by atoms with van der Waals surface area (Å²) >= 11 is 15.9. The van der Waals surface area contributed by atoms with Crippen LogP contribution in [0.3, 0.4) is 0 Å². The van der Waals surface area contributed by atoms with Crippen LogP contribution in [0.4, 0.5) is 0 Å². The van der Waals surface area contributed by atoms with Crippen molar-refractivity contribution in [3.8, 4) is 11.5 Å². The van der Waals surface area contributed by atoms with Gasteiger partial charge in [0.2, 0.25) is 0 Å². The van der Waals surface area contributed by atoms with E-state index in [-0.39, 0.29) is 0 Å². The van der Waals surface area contributed by atoms with E-state index in [1.54, 1.807) is 12.1 Å². The molecule has 0 bridgehead atoms. The molecule has 1 aromatic rings. The van der Waals surface area contributed by atoms with Gasteiger partial charge in [-0.1, -0.05) is 41.0 Å². The summed E-state index contributed by atoms with van der Waals surface area (Å²) in [5.74, 6) is 0.989. The van der Waals surface area contributed by atoms with Crippen LogP contribution in [0.15, 0.2) is 28.3 Å². The van der Waals surface area contributed by atoms with Gasteiger partial charge in [-0.25, -0.2) is 0 Å². The fourth-order valence-corrected chi connectivity index (χ4v) is 2.52. The van der Waals surface area contributed by atoms with E-state index in [1.165, 1.54) is 0 Å². The first-order valence-electron chi connectivity index (χ1n) is 7.14. The number of benzene rings is 1. The molecule has 0 atom stereocenters. The summed E-state index contributed by atoms with van der Waals surface area (Å²) in [5.41, 5.74) is 0.892. The zero-order valence-corrected chi connectivity index (χ0v) is 16.3. The average molecular weight is 425 g/mol.